The van der Waals surface area contributed by atoms with Crippen molar-refractivity contribution in [2.45, 2.75) is 64.8 Å². The maximum atomic E-state index is 11.7. The Kier molecular flexibility index (Phi) is 13.2. The van der Waals surface area contributed by atoms with Gasteiger partial charge in [-0.2, -0.15) is 0 Å². The third-order valence-electron chi connectivity index (χ3n) is 3.11. The number of aromatic nitrogens is 1. The summed E-state index contributed by atoms with van der Waals surface area (Å²) in [5, 5.41) is 5.99. The van der Waals surface area contributed by atoms with Gasteiger partial charge >= 0.3 is 0 Å². The quantitative estimate of drug-likeness (QED) is 0.684. The summed E-state index contributed by atoms with van der Waals surface area (Å²) >= 11 is 1.61. The zero-order valence-corrected chi connectivity index (χ0v) is 16.1. The van der Waals surface area contributed by atoms with Gasteiger partial charge in [-0.3, -0.25) is 4.79 Å². The van der Waals surface area contributed by atoms with Gasteiger partial charge in [-0.15, -0.1) is 36.2 Å². The third kappa shape index (κ3) is 9.62. The van der Waals surface area contributed by atoms with E-state index in [0.29, 0.717) is 13.0 Å². The molecule has 4 nitrogen and oxygen atoms in total. The second kappa shape index (κ2) is 12.1. The smallest absolute Gasteiger partial charge is 0.220 e. The molecule has 0 aliphatic carbocycles. The van der Waals surface area contributed by atoms with E-state index in [9.17, 15) is 4.79 Å². The predicted octanol–water partition coefficient (Wildman–Crippen LogP) is 3.81. The number of nitrogens with zero attached hydrogens (tertiary/aromatic N) is 1. The van der Waals surface area contributed by atoms with Gasteiger partial charge in [0.05, 0.1) is 12.2 Å². The van der Waals surface area contributed by atoms with Crippen LogP contribution in [0.1, 0.15) is 63.6 Å². The molecule has 0 aliphatic heterocycles. The number of halogens is 2. The van der Waals surface area contributed by atoms with E-state index in [1.54, 1.807) is 11.3 Å². The number of rotatable bonds is 8. The molecular formula is C15H29Cl2N3OS. The Morgan fingerprint density at radius 2 is 1.86 bits per heavy atom. The summed E-state index contributed by atoms with van der Waals surface area (Å²) in [6.07, 6.45) is 4.79. The maximum absolute atomic E-state index is 11.7. The van der Waals surface area contributed by atoms with Crippen LogP contribution >= 0.6 is 36.2 Å². The van der Waals surface area contributed by atoms with Crippen LogP contribution in [0.15, 0.2) is 5.38 Å². The van der Waals surface area contributed by atoms with Crippen LogP contribution in [0.25, 0.3) is 0 Å². The lowest BCUT2D eigenvalue weighted by Crippen LogP contribution is -2.22. The van der Waals surface area contributed by atoms with Crippen molar-refractivity contribution in [3.8, 4) is 0 Å². The van der Waals surface area contributed by atoms with E-state index in [4.69, 9.17) is 5.73 Å². The molecule has 1 rings (SSSR count). The van der Waals surface area contributed by atoms with Gasteiger partial charge in [0.1, 0.15) is 5.01 Å². The molecule has 0 aliphatic rings. The number of nitrogens with one attached hydrogen (secondary N) is 1. The van der Waals surface area contributed by atoms with E-state index in [0.717, 1.165) is 42.9 Å². The van der Waals surface area contributed by atoms with E-state index in [-0.39, 0.29) is 36.1 Å². The van der Waals surface area contributed by atoms with Gasteiger partial charge in [0.15, 0.2) is 0 Å². The summed E-state index contributed by atoms with van der Waals surface area (Å²) < 4.78 is 0. The van der Waals surface area contributed by atoms with Crippen LogP contribution in [0.2, 0.25) is 0 Å². The largest absolute Gasteiger partial charge is 0.350 e. The second-order valence-corrected chi connectivity index (χ2v) is 7.05. The van der Waals surface area contributed by atoms with Gasteiger partial charge in [0.25, 0.3) is 0 Å². The fourth-order valence-electron chi connectivity index (χ4n) is 1.78. The van der Waals surface area contributed by atoms with E-state index in [1.165, 1.54) is 0 Å². The molecule has 7 heteroatoms. The minimum atomic E-state index is 0. The Labute approximate surface area is 150 Å². The molecule has 0 spiro atoms. The highest BCUT2D eigenvalue weighted by atomic mass is 35.5. The topological polar surface area (TPSA) is 68.0 Å². The van der Waals surface area contributed by atoms with E-state index in [2.05, 4.69) is 36.5 Å². The van der Waals surface area contributed by atoms with Crippen molar-refractivity contribution in [3.63, 3.8) is 0 Å². The Balaban J connectivity index is 0. The number of thiazole rings is 1. The number of hydrogen-bond acceptors (Lipinski definition) is 4. The number of unbranched alkanes of at least 4 members (excludes halogenated alkanes) is 3. The molecule has 22 heavy (non-hydrogen) atoms. The molecular weight excluding hydrogens is 341 g/mol. The first kappa shape index (κ1) is 23.9. The number of carbonyl (C=O) groups excluding carboxylic acids is 1. The van der Waals surface area contributed by atoms with Crippen molar-refractivity contribution < 1.29 is 4.79 Å². The number of nitrogens with two attached hydrogens (primary N) is 1. The molecule has 130 valence electrons. The summed E-state index contributed by atoms with van der Waals surface area (Å²) in [6, 6.07) is 0. The summed E-state index contributed by atoms with van der Waals surface area (Å²) in [6.45, 7) is 7.72. The summed E-state index contributed by atoms with van der Waals surface area (Å²) in [4.78, 5) is 16.3. The molecule has 0 saturated heterocycles. The summed E-state index contributed by atoms with van der Waals surface area (Å²) in [5.41, 5.74) is 6.59. The normalized spacial score (nSPS) is 10.5. The van der Waals surface area contributed by atoms with Crippen molar-refractivity contribution in [1.82, 2.24) is 10.3 Å². The third-order valence-corrected chi connectivity index (χ3v) is 3.96. The zero-order chi connectivity index (χ0) is 15.0. The van der Waals surface area contributed by atoms with Crippen molar-refractivity contribution in [2.75, 3.05) is 6.54 Å². The standard InChI is InChI=1S/C15H27N3OS.2ClH/c1-15(2,3)12-11-20-14(18-12)10-17-13(19)8-6-4-5-7-9-16;;/h11H,4-10,16H2,1-3H3,(H,17,19);2*1H. The highest BCUT2D eigenvalue weighted by molar-refractivity contribution is 7.09. The molecule has 1 amide bonds. The van der Waals surface area contributed by atoms with Crippen LogP contribution in [0.5, 0.6) is 0 Å². The van der Waals surface area contributed by atoms with Crippen LogP contribution in [0, 0.1) is 0 Å². The molecule has 0 saturated carbocycles. The first-order valence-electron chi connectivity index (χ1n) is 7.35. The van der Waals surface area contributed by atoms with Crippen LogP contribution in [-0.4, -0.2) is 17.4 Å². The monoisotopic (exact) mass is 369 g/mol. The van der Waals surface area contributed by atoms with Gasteiger partial charge in [0, 0.05) is 17.2 Å². The molecule has 0 atom stereocenters. The Hall–Kier alpha value is -0.360. The molecule has 0 radical (unpaired) electrons. The first-order chi connectivity index (χ1) is 9.43. The number of hydrogen-bond donors (Lipinski definition) is 2. The highest BCUT2D eigenvalue weighted by Gasteiger charge is 2.17. The predicted molar refractivity (Wildman–Crippen MR) is 99.3 cm³/mol. The Bertz CT molecular complexity index is 419. The van der Waals surface area contributed by atoms with Crippen molar-refractivity contribution >= 4 is 42.1 Å². The fraction of sp³-hybridized carbons (Fsp3) is 0.733. The van der Waals surface area contributed by atoms with Crippen molar-refractivity contribution in [1.29, 1.82) is 0 Å². The Morgan fingerprint density at radius 1 is 1.23 bits per heavy atom. The van der Waals surface area contributed by atoms with E-state index in [1.807, 2.05) is 0 Å². The maximum Gasteiger partial charge on any atom is 0.220 e. The van der Waals surface area contributed by atoms with Crippen LogP contribution < -0.4 is 11.1 Å². The molecule has 1 aromatic rings. The highest BCUT2D eigenvalue weighted by Crippen LogP contribution is 2.23. The van der Waals surface area contributed by atoms with E-state index < -0.39 is 0 Å². The molecule has 3 N–H and O–H groups in total. The molecule has 0 bridgehead atoms. The minimum Gasteiger partial charge on any atom is -0.350 e. The van der Waals surface area contributed by atoms with E-state index >= 15 is 0 Å². The molecule has 0 unspecified atom stereocenters. The number of amides is 1. The zero-order valence-electron chi connectivity index (χ0n) is 13.7. The first-order valence-corrected chi connectivity index (χ1v) is 8.23. The van der Waals surface area contributed by atoms with Crippen LogP contribution in [-0.2, 0) is 16.8 Å². The average molecular weight is 370 g/mol. The lowest BCUT2D eigenvalue weighted by Gasteiger charge is -2.14. The molecule has 1 aromatic heterocycles. The van der Waals surface area contributed by atoms with Gasteiger partial charge in [-0.25, -0.2) is 4.98 Å². The van der Waals surface area contributed by atoms with Crippen molar-refractivity contribution in [2.24, 2.45) is 5.73 Å². The lowest BCUT2D eigenvalue weighted by atomic mass is 9.93. The fourth-order valence-corrected chi connectivity index (χ4v) is 2.74. The van der Waals surface area contributed by atoms with Crippen LogP contribution in [0.4, 0.5) is 0 Å². The van der Waals surface area contributed by atoms with Gasteiger partial charge in [-0.05, 0) is 19.4 Å². The SMILES string of the molecule is CC(C)(C)c1csc(CNC(=O)CCCCCCN)n1.Cl.Cl. The van der Waals surface area contributed by atoms with Crippen LogP contribution in [0.3, 0.4) is 0 Å². The van der Waals surface area contributed by atoms with Gasteiger partial charge < -0.3 is 11.1 Å². The van der Waals surface area contributed by atoms with Gasteiger partial charge in [-0.1, -0.05) is 33.6 Å². The summed E-state index contributed by atoms with van der Waals surface area (Å²) in [7, 11) is 0. The summed E-state index contributed by atoms with van der Waals surface area (Å²) in [5.74, 6) is 0.116. The lowest BCUT2D eigenvalue weighted by molar-refractivity contribution is -0.121. The van der Waals surface area contributed by atoms with Gasteiger partial charge in [0.2, 0.25) is 5.91 Å². The second-order valence-electron chi connectivity index (χ2n) is 6.11. The minimum absolute atomic E-state index is 0. The average Bonchev–Trinajstić information content (AvgIpc) is 2.85. The number of carbonyl (C=O) groups is 1. The van der Waals surface area contributed by atoms with Crippen molar-refractivity contribution in [3.05, 3.63) is 16.1 Å². The molecule has 0 fully saturated rings. The molecule has 0 aromatic carbocycles. The molecule has 1 heterocycles. The Morgan fingerprint density at radius 3 is 2.41 bits per heavy atom.